The molecule has 0 aromatic heterocycles. The number of anilines is 2. The van der Waals surface area contributed by atoms with E-state index in [1.165, 1.54) is 59.2 Å². The van der Waals surface area contributed by atoms with Crippen molar-refractivity contribution in [2.45, 2.75) is 19.9 Å². The average Bonchev–Trinajstić information content (AvgIpc) is 2.43. The van der Waals surface area contributed by atoms with Gasteiger partial charge in [-0.05, 0) is 0 Å². The summed E-state index contributed by atoms with van der Waals surface area (Å²) in [5, 5.41) is 0. The van der Waals surface area contributed by atoms with Crippen LogP contribution >= 0.6 is 11.8 Å². The predicted molar refractivity (Wildman–Crippen MR) is 79.2 cm³/mol. The molecule has 3 rings (SSSR count). The molecule has 0 saturated carbocycles. The summed E-state index contributed by atoms with van der Waals surface area (Å²) in [6.07, 6.45) is 1.29. The van der Waals surface area contributed by atoms with Gasteiger partial charge in [-0.3, -0.25) is 0 Å². The fourth-order valence-electron chi connectivity index (χ4n) is 2.34. The molecule has 2 aromatic carbocycles. The van der Waals surface area contributed by atoms with Gasteiger partial charge >= 0.3 is 131 Å². The third-order valence-corrected chi connectivity index (χ3v) is 5.10. The van der Waals surface area contributed by atoms with Gasteiger partial charge in [0.05, 0.1) is 0 Å². The van der Waals surface area contributed by atoms with Crippen LogP contribution in [0.3, 0.4) is 0 Å². The summed E-state index contributed by atoms with van der Waals surface area (Å²) in [5.74, 6) is 0. The third kappa shape index (κ3) is 2.35. The van der Waals surface area contributed by atoms with Gasteiger partial charge in [0.15, 0.2) is 0 Å². The quantitative estimate of drug-likeness (QED) is 0.761. The van der Waals surface area contributed by atoms with Gasteiger partial charge in [0.1, 0.15) is 0 Å². The molecule has 0 fully saturated rings. The van der Waals surface area contributed by atoms with E-state index >= 15 is 0 Å². The van der Waals surface area contributed by atoms with E-state index in [1.807, 2.05) is 11.8 Å². The van der Waals surface area contributed by atoms with E-state index in [2.05, 4.69) is 53.4 Å². The predicted octanol–water partition coefficient (Wildman–Crippen LogP) is 4.27. The summed E-state index contributed by atoms with van der Waals surface area (Å²) >= 11 is 3.19. The summed E-state index contributed by atoms with van der Waals surface area (Å²) in [5.41, 5.74) is 2.74. The van der Waals surface area contributed by atoms with Crippen LogP contribution in [0.15, 0.2) is 58.3 Å². The SMILES string of the molecule is [Na][CH2]CCN1c2ccccc2Sc2ccccc21. The molecule has 86 valence electrons. The Bertz CT molecular complexity index is 510. The van der Waals surface area contributed by atoms with Crippen LogP contribution < -0.4 is 4.90 Å². The summed E-state index contributed by atoms with van der Waals surface area (Å²) in [4.78, 5) is 5.24. The first kappa shape index (κ1) is 12.6. The van der Waals surface area contributed by atoms with Crippen LogP contribution in [0.1, 0.15) is 6.42 Å². The number of hydrogen-bond acceptors (Lipinski definition) is 2. The molecule has 1 heterocycles. The molecule has 0 amide bonds. The minimum absolute atomic E-state index is 1.14. The van der Waals surface area contributed by atoms with Gasteiger partial charge in [-0.25, -0.2) is 0 Å². The second-order valence-electron chi connectivity index (χ2n) is 4.54. The fourth-order valence-corrected chi connectivity index (χ4v) is 3.75. The monoisotopic (exact) mass is 263 g/mol. The zero-order chi connectivity index (χ0) is 12.4. The summed E-state index contributed by atoms with van der Waals surface area (Å²) < 4.78 is 1.37. The fraction of sp³-hybridized carbons (Fsp3) is 0.200. The van der Waals surface area contributed by atoms with Gasteiger partial charge < -0.3 is 0 Å². The Hall–Kier alpha value is -0.410. The minimum atomic E-state index is 1.14. The van der Waals surface area contributed by atoms with E-state index in [1.54, 1.807) is 0 Å². The number of nitrogens with zero attached hydrogens (tertiary/aromatic N) is 1. The van der Waals surface area contributed by atoms with Crippen molar-refractivity contribution < 1.29 is 0 Å². The van der Waals surface area contributed by atoms with Gasteiger partial charge in [0.25, 0.3) is 0 Å². The number of fused-ring (bicyclic) bond motifs is 2. The second kappa shape index (κ2) is 5.70. The number of para-hydroxylation sites is 2. The Labute approximate surface area is 130 Å². The van der Waals surface area contributed by atoms with Crippen LogP contribution in [-0.4, -0.2) is 34.5 Å². The van der Waals surface area contributed by atoms with Gasteiger partial charge in [0, 0.05) is 0 Å². The van der Waals surface area contributed by atoms with Crippen molar-refractivity contribution in [2.75, 3.05) is 11.4 Å². The molecule has 0 spiro atoms. The Morgan fingerprint density at radius 3 is 2.00 bits per heavy atom. The van der Waals surface area contributed by atoms with Crippen LogP contribution in [0.2, 0.25) is 3.67 Å². The molecule has 0 atom stereocenters. The normalized spacial score (nSPS) is 13.1. The maximum absolute atomic E-state index is 2.49. The zero-order valence-corrected chi connectivity index (χ0v) is 13.4. The standard InChI is InChI=1S/C15H14NS.Na/c1-2-11-16-12-7-3-5-9-14(12)17-15-10-6-4-8-13(15)16;/h3-10H,1-2,11H2;. The molecule has 0 radical (unpaired) electrons. The first-order valence-electron chi connectivity index (χ1n) is 6.53. The van der Waals surface area contributed by atoms with E-state index in [4.69, 9.17) is 0 Å². The molecule has 3 heteroatoms. The first-order valence-corrected chi connectivity index (χ1v) is 8.76. The number of benzene rings is 2. The number of rotatable bonds is 3. The maximum atomic E-state index is 2.49. The van der Waals surface area contributed by atoms with Gasteiger partial charge in [-0.15, -0.1) is 0 Å². The van der Waals surface area contributed by atoms with Gasteiger partial charge in [0.2, 0.25) is 0 Å². The van der Waals surface area contributed by atoms with E-state index < -0.39 is 0 Å². The van der Waals surface area contributed by atoms with Crippen molar-refractivity contribution in [3.05, 3.63) is 48.5 Å². The van der Waals surface area contributed by atoms with E-state index in [0.717, 1.165) is 6.54 Å². The molecule has 0 bridgehead atoms. The topological polar surface area (TPSA) is 3.24 Å². The molecule has 1 aliphatic heterocycles. The molecule has 1 nitrogen and oxygen atoms in total. The Morgan fingerprint density at radius 2 is 1.44 bits per heavy atom. The van der Waals surface area contributed by atoms with Gasteiger partial charge in [-0.1, -0.05) is 0 Å². The molecule has 0 unspecified atom stereocenters. The molecular weight excluding hydrogens is 249 g/mol. The Balaban J connectivity index is 2.05. The van der Waals surface area contributed by atoms with Crippen molar-refractivity contribution in [1.29, 1.82) is 0 Å². The van der Waals surface area contributed by atoms with Crippen LogP contribution in [-0.2, 0) is 0 Å². The van der Waals surface area contributed by atoms with Crippen molar-refractivity contribution in [1.82, 2.24) is 0 Å². The molecule has 0 aliphatic carbocycles. The summed E-state index contributed by atoms with van der Waals surface area (Å²) in [7, 11) is 0. The van der Waals surface area contributed by atoms with Crippen LogP contribution in [0.25, 0.3) is 0 Å². The van der Waals surface area contributed by atoms with Crippen molar-refractivity contribution in [3.63, 3.8) is 0 Å². The summed E-state index contributed by atoms with van der Waals surface area (Å²) in [6.45, 7) is 1.14. The zero-order valence-electron chi connectivity index (χ0n) is 10.6. The van der Waals surface area contributed by atoms with E-state index in [-0.39, 0.29) is 0 Å². The third-order valence-electron chi connectivity index (χ3n) is 3.27. The molecule has 0 N–H and O–H groups in total. The van der Waals surface area contributed by atoms with Crippen molar-refractivity contribution >= 4 is 51.1 Å². The Kier molecular flexibility index (Phi) is 4.00. The van der Waals surface area contributed by atoms with Crippen molar-refractivity contribution in [3.8, 4) is 0 Å². The summed E-state index contributed by atoms with van der Waals surface area (Å²) in [6, 6.07) is 17.5. The first-order chi connectivity index (χ1) is 8.90. The molecule has 2 aromatic rings. The second-order valence-corrected chi connectivity index (χ2v) is 6.63. The Morgan fingerprint density at radius 1 is 0.889 bits per heavy atom. The van der Waals surface area contributed by atoms with Gasteiger partial charge in [-0.2, -0.15) is 0 Å². The number of hydrogen-bond donors (Lipinski definition) is 0. The molecule has 18 heavy (non-hydrogen) atoms. The average molecular weight is 263 g/mol. The van der Waals surface area contributed by atoms with Crippen LogP contribution in [0.4, 0.5) is 11.4 Å². The van der Waals surface area contributed by atoms with Crippen LogP contribution in [0, 0.1) is 0 Å². The van der Waals surface area contributed by atoms with Crippen LogP contribution in [0.5, 0.6) is 0 Å². The van der Waals surface area contributed by atoms with E-state index in [9.17, 15) is 0 Å². The molecule has 0 saturated heterocycles. The van der Waals surface area contributed by atoms with Crippen molar-refractivity contribution in [2.24, 2.45) is 0 Å². The molecule has 1 aliphatic rings. The molecular formula is C15H14NNaS. The van der Waals surface area contributed by atoms with E-state index in [0.29, 0.717) is 0 Å².